The molecule has 26 heavy (non-hydrogen) atoms. The van der Waals surface area contributed by atoms with Crippen molar-refractivity contribution in [2.75, 3.05) is 17.6 Å². The zero-order valence-electron chi connectivity index (χ0n) is 13.8. The maximum absolute atomic E-state index is 12.2. The number of nitrogens with one attached hydrogen (secondary N) is 2. The van der Waals surface area contributed by atoms with E-state index in [-0.39, 0.29) is 29.5 Å². The molecule has 10 heteroatoms. The van der Waals surface area contributed by atoms with Gasteiger partial charge < -0.3 is 11.1 Å². The number of halogens is 1. The number of pyridine rings is 1. The van der Waals surface area contributed by atoms with Crippen molar-refractivity contribution >= 4 is 49.1 Å². The Balaban J connectivity index is 1.94. The van der Waals surface area contributed by atoms with Crippen LogP contribution in [0.4, 0.5) is 11.5 Å². The predicted molar refractivity (Wildman–Crippen MR) is 101 cm³/mol. The maximum atomic E-state index is 12.2. The highest BCUT2D eigenvalue weighted by Crippen LogP contribution is 2.20. The molecular weight excluding hydrogens is 424 g/mol. The van der Waals surface area contributed by atoms with E-state index in [1.807, 2.05) is 0 Å². The molecule has 2 aromatic rings. The number of benzene rings is 1. The molecule has 0 bridgehead atoms. The quantitative estimate of drug-likeness (QED) is 0.563. The number of sulfonamides is 1. The second kappa shape index (κ2) is 8.39. The van der Waals surface area contributed by atoms with E-state index in [0.29, 0.717) is 15.7 Å². The van der Waals surface area contributed by atoms with Crippen LogP contribution in [0.3, 0.4) is 0 Å². The van der Waals surface area contributed by atoms with Gasteiger partial charge in [0.05, 0.1) is 0 Å². The van der Waals surface area contributed by atoms with Gasteiger partial charge in [-0.2, -0.15) is 0 Å². The third-order valence-corrected chi connectivity index (χ3v) is 5.26. The number of nitrogens with zero attached hydrogens (tertiary/aromatic N) is 1. The normalized spacial score (nSPS) is 11.2. The van der Waals surface area contributed by atoms with E-state index in [1.165, 1.54) is 19.2 Å². The number of amides is 1. The minimum absolute atomic E-state index is 0.0924. The maximum Gasteiger partial charge on any atom is 0.244 e. The number of hydrogen-bond acceptors (Lipinski definition) is 6. The minimum atomic E-state index is -3.89. The molecule has 1 aromatic carbocycles. The van der Waals surface area contributed by atoms with Crippen LogP contribution in [0.2, 0.25) is 0 Å². The van der Waals surface area contributed by atoms with Crippen molar-refractivity contribution in [2.24, 2.45) is 0 Å². The molecule has 0 aliphatic heterocycles. The zero-order valence-corrected chi connectivity index (χ0v) is 16.2. The zero-order chi connectivity index (χ0) is 19.3. The lowest BCUT2D eigenvalue weighted by atomic mass is 10.1. The Morgan fingerprint density at radius 3 is 2.69 bits per heavy atom. The van der Waals surface area contributed by atoms with Gasteiger partial charge in [0.25, 0.3) is 0 Å². The first-order valence-corrected chi connectivity index (χ1v) is 9.78. The molecule has 8 nitrogen and oxygen atoms in total. The monoisotopic (exact) mass is 440 g/mol. The molecule has 0 aliphatic rings. The van der Waals surface area contributed by atoms with Crippen LogP contribution in [0, 0.1) is 0 Å². The van der Waals surface area contributed by atoms with Gasteiger partial charge in [0, 0.05) is 34.9 Å². The molecule has 0 unspecified atom stereocenters. The average molecular weight is 441 g/mol. The van der Waals surface area contributed by atoms with Crippen molar-refractivity contribution in [3.8, 4) is 0 Å². The van der Waals surface area contributed by atoms with Crippen LogP contribution in [0.15, 0.2) is 45.9 Å². The number of nitrogens with two attached hydrogens (primary N) is 1. The number of nitrogen functional groups attached to an aromatic ring is 1. The van der Waals surface area contributed by atoms with Gasteiger partial charge in [-0.25, -0.2) is 18.1 Å². The summed E-state index contributed by atoms with van der Waals surface area (Å²) >= 11 is 3.13. The summed E-state index contributed by atoms with van der Waals surface area (Å²) in [5, 5.41) is 2.61. The summed E-state index contributed by atoms with van der Waals surface area (Å²) in [7, 11) is -3.89. The fraction of sp³-hybridized carbons (Fsp3) is 0.188. The molecule has 0 saturated heterocycles. The summed E-state index contributed by atoms with van der Waals surface area (Å²) in [6.45, 7) is 1.31. The van der Waals surface area contributed by atoms with Crippen LogP contribution in [0.5, 0.6) is 0 Å². The van der Waals surface area contributed by atoms with Crippen molar-refractivity contribution < 1.29 is 18.0 Å². The number of carbonyl (C=O) groups is 2. The van der Waals surface area contributed by atoms with Crippen LogP contribution < -0.4 is 15.8 Å². The van der Waals surface area contributed by atoms with E-state index < -0.39 is 15.9 Å². The molecule has 0 aliphatic carbocycles. The number of hydrogen-bond donors (Lipinski definition) is 3. The van der Waals surface area contributed by atoms with Gasteiger partial charge in [0.15, 0.2) is 5.78 Å². The van der Waals surface area contributed by atoms with Gasteiger partial charge in [-0.1, -0.05) is 12.1 Å². The lowest BCUT2D eigenvalue weighted by Crippen LogP contribution is -2.28. The Hall–Kier alpha value is -2.30. The lowest BCUT2D eigenvalue weighted by Gasteiger charge is -2.09. The molecule has 138 valence electrons. The second-order valence-electron chi connectivity index (χ2n) is 5.37. The summed E-state index contributed by atoms with van der Waals surface area (Å²) in [6, 6.07) is 7.82. The molecule has 0 spiro atoms. The average Bonchev–Trinajstić information content (AvgIpc) is 2.57. The lowest BCUT2D eigenvalue weighted by molar-refractivity contribution is -0.116. The van der Waals surface area contributed by atoms with Crippen molar-refractivity contribution in [3.63, 3.8) is 0 Å². The van der Waals surface area contributed by atoms with Crippen LogP contribution in [-0.2, 0) is 14.8 Å². The number of carbonyl (C=O) groups excluding carboxylic acids is 2. The molecule has 1 aromatic heterocycles. The summed E-state index contributed by atoms with van der Waals surface area (Å²) < 4.78 is 27.3. The van der Waals surface area contributed by atoms with Crippen molar-refractivity contribution in [3.05, 3.63) is 46.6 Å². The van der Waals surface area contributed by atoms with Gasteiger partial charge in [0.1, 0.15) is 10.7 Å². The van der Waals surface area contributed by atoms with E-state index in [0.717, 1.165) is 0 Å². The van der Waals surface area contributed by atoms with Crippen LogP contribution in [0.25, 0.3) is 0 Å². The van der Waals surface area contributed by atoms with Gasteiger partial charge in [-0.15, -0.1) is 0 Å². The first-order chi connectivity index (χ1) is 12.2. The van der Waals surface area contributed by atoms with E-state index in [1.54, 1.807) is 24.3 Å². The highest BCUT2D eigenvalue weighted by Gasteiger charge is 2.19. The second-order valence-corrected chi connectivity index (χ2v) is 8.02. The molecule has 0 saturated carbocycles. The highest BCUT2D eigenvalue weighted by molar-refractivity contribution is 9.10. The largest absolute Gasteiger partial charge is 0.383 e. The van der Waals surface area contributed by atoms with Crippen molar-refractivity contribution in [1.29, 1.82) is 0 Å². The molecule has 0 radical (unpaired) electrons. The molecule has 1 amide bonds. The molecule has 1 heterocycles. The standard InChI is InChI=1S/C16H17BrN4O4S/c1-10(22)11-3-2-4-13(7-11)21-15(23)5-6-20-26(24,25)14-8-12(17)9-19-16(14)18/h2-4,7-9,20H,5-6H2,1H3,(H2,18,19)(H,21,23). The minimum Gasteiger partial charge on any atom is -0.383 e. The predicted octanol–water partition coefficient (Wildman–Crippen LogP) is 1.94. The van der Waals surface area contributed by atoms with Crippen LogP contribution in [0.1, 0.15) is 23.7 Å². The Bertz CT molecular complexity index is 947. The molecule has 4 N–H and O–H groups in total. The van der Waals surface area contributed by atoms with Crippen molar-refractivity contribution in [1.82, 2.24) is 9.71 Å². The third kappa shape index (κ3) is 5.35. The topological polar surface area (TPSA) is 131 Å². The Morgan fingerprint density at radius 2 is 2.00 bits per heavy atom. The summed E-state index contributed by atoms with van der Waals surface area (Å²) in [5.74, 6) is -0.644. The summed E-state index contributed by atoms with van der Waals surface area (Å²) in [6.07, 6.45) is 1.29. The summed E-state index contributed by atoms with van der Waals surface area (Å²) in [4.78, 5) is 26.9. The van der Waals surface area contributed by atoms with Crippen LogP contribution >= 0.6 is 15.9 Å². The SMILES string of the molecule is CC(=O)c1cccc(NC(=O)CCNS(=O)(=O)c2cc(Br)cnc2N)c1. The fourth-order valence-corrected chi connectivity index (χ4v) is 3.68. The van der Waals surface area contributed by atoms with Gasteiger partial charge in [-0.3, -0.25) is 9.59 Å². The van der Waals surface area contributed by atoms with E-state index in [9.17, 15) is 18.0 Å². The Kier molecular flexibility index (Phi) is 6.46. The first-order valence-electron chi connectivity index (χ1n) is 7.50. The molecule has 0 atom stereocenters. The number of rotatable bonds is 7. The van der Waals surface area contributed by atoms with Gasteiger partial charge in [-0.05, 0) is 41.1 Å². The van der Waals surface area contributed by atoms with E-state index >= 15 is 0 Å². The molecular formula is C16H17BrN4O4S. The van der Waals surface area contributed by atoms with Gasteiger partial charge >= 0.3 is 0 Å². The third-order valence-electron chi connectivity index (χ3n) is 3.33. The highest BCUT2D eigenvalue weighted by atomic mass is 79.9. The fourth-order valence-electron chi connectivity index (χ4n) is 2.06. The molecule has 0 fully saturated rings. The number of ketones is 1. The Labute approximate surface area is 159 Å². The smallest absolute Gasteiger partial charge is 0.244 e. The number of Topliss-reactive ketones (excluding diaryl/α,β-unsaturated/α-hetero) is 1. The number of anilines is 2. The summed E-state index contributed by atoms with van der Waals surface area (Å²) in [5.41, 5.74) is 6.53. The van der Waals surface area contributed by atoms with Crippen molar-refractivity contribution in [2.45, 2.75) is 18.2 Å². The van der Waals surface area contributed by atoms with E-state index in [4.69, 9.17) is 5.73 Å². The Morgan fingerprint density at radius 1 is 1.27 bits per heavy atom. The van der Waals surface area contributed by atoms with Crippen LogP contribution in [-0.4, -0.2) is 31.6 Å². The molecule has 2 rings (SSSR count). The number of aromatic nitrogens is 1. The van der Waals surface area contributed by atoms with Gasteiger partial charge in [0.2, 0.25) is 15.9 Å². The first kappa shape index (κ1) is 20.0. The van der Waals surface area contributed by atoms with E-state index in [2.05, 4.69) is 31.0 Å².